The number of benzene rings is 3. The summed E-state index contributed by atoms with van der Waals surface area (Å²) < 4.78 is 9.79. The molecule has 0 unspecified atom stereocenters. The molecule has 0 aliphatic carbocycles. The van der Waals surface area contributed by atoms with Crippen molar-refractivity contribution < 1.29 is 19.1 Å². The molecule has 0 atom stereocenters. The van der Waals surface area contributed by atoms with E-state index in [9.17, 15) is 9.59 Å². The van der Waals surface area contributed by atoms with E-state index in [0.717, 1.165) is 21.8 Å². The number of carbonyl (C=O) groups is 2. The Labute approximate surface area is 195 Å². The first kappa shape index (κ1) is 23.4. The second-order valence-electron chi connectivity index (χ2n) is 6.57. The maximum absolute atomic E-state index is 12.3. The standard InChI is InChI=1S/C24H21ClN2O4S/c1-30-23(28)15-31-21-10-4-17(5-11-21)14-26-27-24(29)19-6-2-18(3-7-19)16-32-22-12-8-20(25)9-13-22/h2-14H,15-16H2,1H3,(H,27,29)/b26-14+. The van der Waals surface area contributed by atoms with Crippen molar-refractivity contribution >= 4 is 41.5 Å². The summed E-state index contributed by atoms with van der Waals surface area (Å²) in [6.07, 6.45) is 1.53. The number of hydrazone groups is 1. The maximum Gasteiger partial charge on any atom is 0.343 e. The van der Waals surface area contributed by atoms with Gasteiger partial charge >= 0.3 is 5.97 Å². The van der Waals surface area contributed by atoms with Gasteiger partial charge in [0.05, 0.1) is 13.3 Å². The van der Waals surface area contributed by atoms with Gasteiger partial charge in [-0.05, 0) is 71.8 Å². The first-order chi connectivity index (χ1) is 15.5. The molecule has 0 aromatic heterocycles. The summed E-state index contributed by atoms with van der Waals surface area (Å²) in [5.74, 6) is 0.579. The zero-order chi connectivity index (χ0) is 22.8. The first-order valence-corrected chi connectivity index (χ1v) is 11.0. The molecule has 0 radical (unpaired) electrons. The molecule has 0 fully saturated rings. The van der Waals surface area contributed by atoms with Gasteiger partial charge in [0.25, 0.3) is 5.91 Å². The van der Waals surface area contributed by atoms with Crippen LogP contribution in [0.4, 0.5) is 0 Å². The number of amides is 1. The number of hydrogen-bond acceptors (Lipinski definition) is 6. The molecule has 8 heteroatoms. The van der Waals surface area contributed by atoms with Crippen molar-refractivity contribution in [2.24, 2.45) is 5.10 Å². The number of thioether (sulfide) groups is 1. The van der Waals surface area contributed by atoms with Gasteiger partial charge in [0.15, 0.2) is 6.61 Å². The Hall–Kier alpha value is -3.29. The summed E-state index contributed by atoms with van der Waals surface area (Å²) >= 11 is 7.60. The van der Waals surface area contributed by atoms with Gasteiger partial charge in [0, 0.05) is 21.2 Å². The second-order valence-corrected chi connectivity index (χ2v) is 8.06. The van der Waals surface area contributed by atoms with E-state index in [2.05, 4.69) is 15.3 Å². The molecule has 0 saturated heterocycles. The van der Waals surface area contributed by atoms with Gasteiger partial charge in [0.2, 0.25) is 0 Å². The molecule has 3 aromatic carbocycles. The van der Waals surface area contributed by atoms with Crippen molar-refractivity contribution in [1.82, 2.24) is 5.43 Å². The van der Waals surface area contributed by atoms with Crippen molar-refractivity contribution in [3.05, 3.63) is 94.5 Å². The number of nitrogens with zero attached hydrogens (tertiary/aromatic N) is 1. The average molecular weight is 469 g/mol. The van der Waals surface area contributed by atoms with Crippen LogP contribution in [-0.2, 0) is 15.3 Å². The number of nitrogens with one attached hydrogen (secondary N) is 1. The third-order valence-electron chi connectivity index (χ3n) is 4.28. The minimum atomic E-state index is -0.452. The van der Waals surface area contributed by atoms with Crippen LogP contribution in [0.2, 0.25) is 5.02 Å². The van der Waals surface area contributed by atoms with Gasteiger partial charge in [0.1, 0.15) is 5.75 Å². The number of carbonyl (C=O) groups excluding carboxylic acids is 2. The lowest BCUT2D eigenvalue weighted by molar-refractivity contribution is -0.142. The zero-order valence-corrected chi connectivity index (χ0v) is 18.9. The van der Waals surface area contributed by atoms with Gasteiger partial charge in [-0.25, -0.2) is 10.2 Å². The zero-order valence-electron chi connectivity index (χ0n) is 17.3. The Kier molecular flexibility index (Phi) is 8.71. The lowest BCUT2D eigenvalue weighted by Crippen LogP contribution is -2.17. The Morgan fingerprint density at radius 2 is 1.69 bits per heavy atom. The molecule has 32 heavy (non-hydrogen) atoms. The molecule has 0 spiro atoms. The molecule has 164 valence electrons. The fraction of sp³-hybridized carbons (Fsp3) is 0.125. The number of rotatable bonds is 9. The van der Waals surface area contributed by atoms with E-state index in [1.165, 1.54) is 13.3 Å². The topological polar surface area (TPSA) is 77.0 Å². The molecule has 1 amide bonds. The van der Waals surface area contributed by atoms with Crippen LogP contribution in [0, 0.1) is 0 Å². The summed E-state index contributed by atoms with van der Waals surface area (Å²) in [6, 6.07) is 22.0. The average Bonchev–Trinajstić information content (AvgIpc) is 2.83. The summed E-state index contributed by atoms with van der Waals surface area (Å²) in [5, 5.41) is 4.70. The quantitative estimate of drug-likeness (QED) is 0.208. The van der Waals surface area contributed by atoms with Gasteiger partial charge in [-0.1, -0.05) is 23.7 Å². The summed E-state index contributed by atoms with van der Waals surface area (Å²) in [5.41, 5.74) is 4.91. The molecule has 1 N–H and O–H groups in total. The van der Waals surface area contributed by atoms with Crippen LogP contribution in [0.25, 0.3) is 0 Å². The maximum atomic E-state index is 12.3. The smallest absolute Gasteiger partial charge is 0.343 e. The SMILES string of the molecule is COC(=O)COc1ccc(/C=N/NC(=O)c2ccc(CSc3ccc(Cl)cc3)cc2)cc1. The minimum absolute atomic E-state index is 0.154. The number of esters is 1. The van der Waals surface area contributed by atoms with Crippen LogP contribution < -0.4 is 10.2 Å². The summed E-state index contributed by atoms with van der Waals surface area (Å²) in [4.78, 5) is 24.5. The Morgan fingerprint density at radius 1 is 1.00 bits per heavy atom. The molecule has 0 aliphatic rings. The monoisotopic (exact) mass is 468 g/mol. The normalized spacial score (nSPS) is 10.7. The van der Waals surface area contributed by atoms with Crippen LogP contribution in [0.15, 0.2) is 82.8 Å². The van der Waals surface area contributed by atoms with E-state index in [4.69, 9.17) is 16.3 Å². The lowest BCUT2D eigenvalue weighted by atomic mass is 10.1. The highest BCUT2D eigenvalue weighted by Gasteiger charge is 2.05. The van der Waals surface area contributed by atoms with E-state index in [1.807, 2.05) is 36.4 Å². The van der Waals surface area contributed by atoms with Crippen LogP contribution in [0.3, 0.4) is 0 Å². The number of halogens is 1. The molecular weight excluding hydrogens is 448 g/mol. The van der Waals surface area contributed by atoms with Crippen LogP contribution in [0.5, 0.6) is 5.75 Å². The summed E-state index contributed by atoms with van der Waals surface area (Å²) in [6.45, 7) is -0.154. The third-order valence-corrected chi connectivity index (χ3v) is 5.61. The molecular formula is C24H21ClN2O4S. The van der Waals surface area contributed by atoms with Crippen molar-refractivity contribution in [2.75, 3.05) is 13.7 Å². The van der Waals surface area contributed by atoms with E-state index < -0.39 is 5.97 Å². The van der Waals surface area contributed by atoms with E-state index in [0.29, 0.717) is 16.3 Å². The van der Waals surface area contributed by atoms with Gasteiger partial charge in [-0.3, -0.25) is 4.79 Å². The second kappa shape index (κ2) is 11.9. The predicted molar refractivity (Wildman–Crippen MR) is 126 cm³/mol. The molecule has 0 heterocycles. The van der Waals surface area contributed by atoms with E-state index in [1.54, 1.807) is 48.2 Å². The van der Waals surface area contributed by atoms with Crippen molar-refractivity contribution in [3.8, 4) is 5.75 Å². The molecule has 3 rings (SSSR count). The Morgan fingerprint density at radius 3 is 2.34 bits per heavy atom. The van der Waals surface area contributed by atoms with Gasteiger partial charge in [-0.15, -0.1) is 11.8 Å². The highest BCUT2D eigenvalue weighted by molar-refractivity contribution is 7.98. The van der Waals surface area contributed by atoms with Crippen LogP contribution in [0.1, 0.15) is 21.5 Å². The molecule has 6 nitrogen and oxygen atoms in total. The Balaban J connectivity index is 1.46. The lowest BCUT2D eigenvalue weighted by Gasteiger charge is -2.05. The highest BCUT2D eigenvalue weighted by Crippen LogP contribution is 2.24. The van der Waals surface area contributed by atoms with Gasteiger partial charge < -0.3 is 9.47 Å². The fourth-order valence-corrected chi connectivity index (χ4v) is 3.51. The number of hydrogen-bond donors (Lipinski definition) is 1. The predicted octanol–water partition coefficient (Wildman–Crippen LogP) is 4.95. The largest absolute Gasteiger partial charge is 0.482 e. The van der Waals surface area contributed by atoms with Gasteiger partial charge in [-0.2, -0.15) is 5.10 Å². The van der Waals surface area contributed by atoms with Crippen molar-refractivity contribution in [2.45, 2.75) is 10.6 Å². The third kappa shape index (κ3) is 7.44. The van der Waals surface area contributed by atoms with Crippen molar-refractivity contribution in [3.63, 3.8) is 0 Å². The molecule has 3 aromatic rings. The van der Waals surface area contributed by atoms with E-state index in [-0.39, 0.29) is 12.5 Å². The molecule has 0 saturated carbocycles. The fourth-order valence-electron chi connectivity index (χ4n) is 2.53. The first-order valence-electron chi connectivity index (χ1n) is 9.64. The highest BCUT2D eigenvalue weighted by atomic mass is 35.5. The number of ether oxygens (including phenoxy) is 2. The van der Waals surface area contributed by atoms with Crippen LogP contribution >= 0.6 is 23.4 Å². The van der Waals surface area contributed by atoms with Crippen LogP contribution in [-0.4, -0.2) is 31.8 Å². The molecule has 0 aliphatic heterocycles. The Bertz CT molecular complexity index is 1070. The minimum Gasteiger partial charge on any atom is -0.482 e. The van der Waals surface area contributed by atoms with E-state index >= 15 is 0 Å². The van der Waals surface area contributed by atoms with Crippen molar-refractivity contribution in [1.29, 1.82) is 0 Å². The summed E-state index contributed by atoms with van der Waals surface area (Å²) in [7, 11) is 1.30. The number of methoxy groups -OCH3 is 1. The molecule has 0 bridgehead atoms.